The topological polar surface area (TPSA) is 27.7 Å². The maximum Gasteiger partial charge on any atom is 0.412 e. The molecule has 0 fully saturated rings. The number of fused-ring (bicyclic) bond motifs is 1. The predicted octanol–water partition coefficient (Wildman–Crippen LogP) is 2.32. The van der Waals surface area contributed by atoms with Gasteiger partial charge in [0.2, 0.25) is 0 Å². The summed E-state index contributed by atoms with van der Waals surface area (Å²) in [6.45, 7) is -2.71. The summed E-state index contributed by atoms with van der Waals surface area (Å²) in [6.07, 6.45) is -4.39. The van der Waals surface area contributed by atoms with Crippen molar-refractivity contribution in [3.63, 3.8) is 0 Å². The number of para-hydroxylation sites is 2. The van der Waals surface area contributed by atoms with E-state index < -0.39 is 19.3 Å². The Kier molecular flexibility index (Phi) is 2.44. The zero-order chi connectivity index (χ0) is 10.9. The van der Waals surface area contributed by atoms with Crippen molar-refractivity contribution >= 4 is 0 Å². The lowest BCUT2D eigenvalue weighted by molar-refractivity contribution is -0.248. The van der Waals surface area contributed by atoms with Gasteiger partial charge in [-0.25, -0.2) is 0 Å². The summed E-state index contributed by atoms with van der Waals surface area (Å²) in [5, 5.41) is 0. The Labute approximate surface area is 83.4 Å². The largest absolute Gasteiger partial charge is 0.428 e. The average molecular weight is 220 g/mol. The Morgan fingerprint density at radius 3 is 2.13 bits per heavy atom. The summed E-state index contributed by atoms with van der Waals surface area (Å²) in [6, 6.07) is 6.56. The third-order valence-electron chi connectivity index (χ3n) is 1.68. The highest BCUT2D eigenvalue weighted by atomic mass is 19.4. The molecule has 1 aromatic rings. The molecule has 3 nitrogen and oxygen atoms in total. The molecule has 2 rings (SSSR count). The van der Waals surface area contributed by atoms with Crippen LogP contribution in [0.5, 0.6) is 11.5 Å². The molecule has 82 valence electrons. The molecule has 0 atom stereocenters. The SMILES string of the molecule is FC(F)(F)COC1Oc2ccccc2O1. The van der Waals surface area contributed by atoms with E-state index in [2.05, 4.69) is 4.74 Å². The van der Waals surface area contributed by atoms with E-state index in [1.165, 1.54) is 0 Å². The molecule has 0 radical (unpaired) electrons. The third kappa shape index (κ3) is 2.53. The van der Waals surface area contributed by atoms with Gasteiger partial charge in [-0.1, -0.05) is 12.1 Å². The maximum atomic E-state index is 11.8. The summed E-state index contributed by atoms with van der Waals surface area (Å²) in [5.74, 6) is 0.759. The van der Waals surface area contributed by atoms with Crippen molar-refractivity contribution in [3.8, 4) is 11.5 Å². The number of hydrogen-bond acceptors (Lipinski definition) is 3. The van der Waals surface area contributed by atoms with Gasteiger partial charge < -0.3 is 14.2 Å². The van der Waals surface area contributed by atoms with Gasteiger partial charge in [-0.2, -0.15) is 13.2 Å². The maximum absolute atomic E-state index is 11.8. The highest BCUT2D eigenvalue weighted by molar-refractivity contribution is 5.41. The lowest BCUT2D eigenvalue weighted by Crippen LogP contribution is -2.28. The standard InChI is InChI=1S/C9H7F3O3/c10-9(11,12)5-13-8-14-6-3-1-2-4-7(6)15-8/h1-4,8H,5H2. The van der Waals surface area contributed by atoms with Gasteiger partial charge >= 0.3 is 12.7 Å². The summed E-state index contributed by atoms with van der Waals surface area (Å²) in [5.41, 5.74) is 0. The van der Waals surface area contributed by atoms with Crippen molar-refractivity contribution in [2.45, 2.75) is 12.7 Å². The molecule has 0 spiro atoms. The Morgan fingerprint density at radius 2 is 1.67 bits per heavy atom. The van der Waals surface area contributed by atoms with Crippen molar-refractivity contribution in [3.05, 3.63) is 24.3 Å². The molecule has 15 heavy (non-hydrogen) atoms. The quantitative estimate of drug-likeness (QED) is 0.765. The minimum Gasteiger partial charge on any atom is -0.428 e. The van der Waals surface area contributed by atoms with Gasteiger partial charge in [-0.3, -0.25) is 0 Å². The second-order valence-electron chi connectivity index (χ2n) is 2.90. The summed E-state index contributed by atoms with van der Waals surface area (Å²) in [7, 11) is 0. The van der Waals surface area contributed by atoms with Crippen molar-refractivity contribution in [1.29, 1.82) is 0 Å². The highest BCUT2D eigenvalue weighted by Crippen LogP contribution is 2.34. The molecule has 0 amide bonds. The van der Waals surface area contributed by atoms with Crippen LogP contribution in [0, 0.1) is 0 Å². The lowest BCUT2D eigenvalue weighted by atomic mass is 10.3. The van der Waals surface area contributed by atoms with Crippen LogP contribution in [0.1, 0.15) is 0 Å². The molecule has 0 aliphatic carbocycles. The number of hydrogen-bond donors (Lipinski definition) is 0. The van der Waals surface area contributed by atoms with E-state index in [0.717, 1.165) is 0 Å². The van der Waals surface area contributed by atoms with E-state index in [1.807, 2.05) is 0 Å². The molecule has 0 aromatic heterocycles. The van der Waals surface area contributed by atoms with Gasteiger partial charge in [0.25, 0.3) is 0 Å². The normalized spacial score (nSPS) is 15.7. The Bertz CT molecular complexity index is 326. The van der Waals surface area contributed by atoms with E-state index >= 15 is 0 Å². The van der Waals surface area contributed by atoms with Gasteiger partial charge in [-0.05, 0) is 12.1 Å². The predicted molar refractivity (Wildman–Crippen MR) is 43.5 cm³/mol. The summed E-state index contributed by atoms with van der Waals surface area (Å²) in [4.78, 5) is 0. The first kappa shape index (κ1) is 10.1. The monoisotopic (exact) mass is 220 g/mol. The number of benzene rings is 1. The second-order valence-corrected chi connectivity index (χ2v) is 2.90. The minimum atomic E-state index is -4.39. The van der Waals surface area contributed by atoms with Crippen molar-refractivity contribution in [2.24, 2.45) is 0 Å². The highest BCUT2D eigenvalue weighted by Gasteiger charge is 2.32. The summed E-state index contributed by atoms with van der Waals surface area (Å²) >= 11 is 0. The van der Waals surface area contributed by atoms with E-state index in [1.54, 1.807) is 24.3 Å². The average Bonchev–Trinajstić information content (AvgIpc) is 2.56. The molecule has 0 saturated heterocycles. The van der Waals surface area contributed by atoms with Crippen molar-refractivity contribution in [2.75, 3.05) is 6.61 Å². The first-order valence-electron chi connectivity index (χ1n) is 4.15. The molecule has 1 aromatic carbocycles. The number of rotatable bonds is 2. The molecule has 0 N–H and O–H groups in total. The van der Waals surface area contributed by atoms with Crippen LogP contribution < -0.4 is 9.47 Å². The van der Waals surface area contributed by atoms with Crippen LogP contribution in [0.25, 0.3) is 0 Å². The second kappa shape index (κ2) is 3.62. The fraction of sp³-hybridized carbons (Fsp3) is 0.333. The van der Waals surface area contributed by atoms with E-state index in [0.29, 0.717) is 11.5 Å². The van der Waals surface area contributed by atoms with Gasteiger partial charge in [-0.15, -0.1) is 0 Å². The lowest BCUT2D eigenvalue weighted by Gasteiger charge is -2.12. The molecule has 0 unspecified atom stereocenters. The third-order valence-corrected chi connectivity index (χ3v) is 1.68. The Morgan fingerprint density at radius 1 is 1.13 bits per heavy atom. The van der Waals surface area contributed by atoms with Crippen LogP contribution in [-0.4, -0.2) is 19.3 Å². The molecular weight excluding hydrogens is 213 g/mol. The first-order valence-corrected chi connectivity index (χ1v) is 4.15. The smallest absolute Gasteiger partial charge is 0.412 e. The van der Waals surface area contributed by atoms with Gasteiger partial charge in [0.1, 0.15) is 0 Å². The first-order chi connectivity index (χ1) is 7.04. The zero-order valence-electron chi connectivity index (χ0n) is 7.45. The molecule has 6 heteroatoms. The van der Waals surface area contributed by atoms with Gasteiger partial charge in [0, 0.05) is 0 Å². The molecule has 0 saturated carbocycles. The van der Waals surface area contributed by atoms with Crippen LogP contribution in [0.2, 0.25) is 0 Å². The van der Waals surface area contributed by atoms with Crippen LogP contribution in [0.15, 0.2) is 24.3 Å². The number of ether oxygens (including phenoxy) is 3. The Hall–Kier alpha value is -1.43. The van der Waals surface area contributed by atoms with Crippen LogP contribution in [0.3, 0.4) is 0 Å². The van der Waals surface area contributed by atoms with Crippen molar-refractivity contribution < 1.29 is 27.4 Å². The number of halogens is 3. The van der Waals surface area contributed by atoms with Crippen molar-refractivity contribution in [1.82, 2.24) is 0 Å². The van der Waals surface area contributed by atoms with Crippen LogP contribution in [-0.2, 0) is 4.74 Å². The van der Waals surface area contributed by atoms with E-state index in [4.69, 9.17) is 9.47 Å². The van der Waals surface area contributed by atoms with E-state index in [9.17, 15) is 13.2 Å². The fourth-order valence-electron chi connectivity index (χ4n) is 1.11. The van der Waals surface area contributed by atoms with Crippen LogP contribution >= 0.6 is 0 Å². The molecule has 1 heterocycles. The molecule has 1 aliphatic heterocycles. The number of alkyl halides is 3. The van der Waals surface area contributed by atoms with Crippen LogP contribution in [0.4, 0.5) is 13.2 Å². The Balaban J connectivity index is 1.91. The van der Waals surface area contributed by atoms with Gasteiger partial charge in [0.05, 0.1) is 0 Å². The molecular formula is C9H7F3O3. The molecule has 1 aliphatic rings. The minimum absolute atomic E-state index is 0.379. The molecule has 0 bridgehead atoms. The van der Waals surface area contributed by atoms with E-state index in [-0.39, 0.29) is 0 Å². The van der Waals surface area contributed by atoms with Gasteiger partial charge in [0.15, 0.2) is 18.1 Å². The fourth-order valence-corrected chi connectivity index (χ4v) is 1.11. The zero-order valence-corrected chi connectivity index (χ0v) is 7.45. The summed E-state index contributed by atoms with van der Waals surface area (Å²) < 4.78 is 49.7.